The molecule has 2 aromatic rings. The van der Waals surface area contributed by atoms with Crippen LogP contribution in [0, 0.1) is 0 Å². The van der Waals surface area contributed by atoms with Crippen molar-refractivity contribution in [2.24, 2.45) is 7.05 Å². The Balaban J connectivity index is 0.00000225. The maximum atomic E-state index is 14.3. The second kappa shape index (κ2) is 7.92. The number of nitrogens with zero attached hydrogens (tertiary/aromatic N) is 4. The van der Waals surface area contributed by atoms with E-state index in [2.05, 4.69) is 15.7 Å². The molecule has 1 aromatic heterocycles. The highest BCUT2D eigenvalue weighted by Crippen LogP contribution is 2.31. The van der Waals surface area contributed by atoms with Crippen LogP contribution in [-0.4, -0.2) is 60.6 Å². The number of rotatable bonds is 3. The van der Waals surface area contributed by atoms with Gasteiger partial charge in [0, 0.05) is 43.7 Å². The molecule has 10 heteroatoms. The summed E-state index contributed by atoms with van der Waals surface area (Å²) in [4.78, 5) is 27.1. The van der Waals surface area contributed by atoms with Crippen LogP contribution in [0.3, 0.4) is 0 Å². The number of urea groups is 1. The summed E-state index contributed by atoms with van der Waals surface area (Å²) in [6, 6.07) is 5.27. The summed E-state index contributed by atoms with van der Waals surface area (Å²) in [7, 11) is 3.61. The Labute approximate surface area is 168 Å². The fourth-order valence-corrected chi connectivity index (χ4v) is 3.85. The second-order valence-electron chi connectivity index (χ2n) is 7.05. The van der Waals surface area contributed by atoms with Crippen molar-refractivity contribution >= 4 is 46.8 Å². The molecule has 3 amide bonds. The number of fused-ring (bicyclic) bond motifs is 1. The van der Waals surface area contributed by atoms with Gasteiger partial charge in [-0.3, -0.25) is 19.7 Å². The molecule has 2 saturated heterocycles. The molecule has 2 aliphatic heterocycles. The first kappa shape index (κ1) is 20.3. The summed E-state index contributed by atoms with van der Waals surface area (Å²) in [5, 5.41) is 10.7. The number of anilines is 2. The van der Waals surface area contributed by atoms with E-state index in [4.69, 9.17) is 0 Å². The number of amides is 3. The number of carbonyl (C=O) groups excluding carboxylic acids is 2. The molecular weight excluding hydrogens is 387 g/mol. The minimum atomic E-state index is -0.920. The highest BCUT2D eigenvalue weighted by atomic mass is 35.5. The summed E-state index contributed by atoms with van der Waals surface area (Å²) in [5.41, 5.74) is 1.80. The zero-order chi connectivity index (χ0) is 19.1. The average molecular weight is 411 g/mol. The third kappa shape index (κ3) is 3.51. The molecule has 1 aromatic carbocycles. The van der Waals surface area contributed by atoms with E-state index in [9.17, 15) is 14.0 Å². The van der Waals surface area contributed by atoms with Crippen molar-refractivity contribution < 1.29 is 14.0 Å². The summed E-state index contributed by atoms with van der Waals surface area (Å²) in [6.07, 6.45) is 0.0743. The molecule has 8 nitrogen and oxygen atoms in total. The van der Waals surface area contributed by atoms with Crippen LogP contribution in [0.1, 0.15) is 12.8 Å². The molecule has 4 rings (SSSR count). The van der Waals surface area contributed by atoms with Crippen molar-refractivity contribution in [3.05, 3.63) is 18.2 Å². The van der Waals surface area contributed by atoms with Crippen LogP contribution in [-0.2, 0) is 11.8 Å². The number of imide groups is 1. The Kier molecular flexibility index (Phi) is 5.76. The highest BCUT2D eigenvalue weighted by Gasteiger charge is 2.30. The van der Waals surface area contributed by atoms with Gasteiger partial charge >= 0.3 is 6.03 Å². The predicted molar refractivity (Wildman–Crippen MR) is 108 cm³/mol. The van der Waals surface area contributed by atoms with Crippen LogP contribution in [0.2, 0.25) is 0 Å². The third-order valence-corrected chi connectivity index (χ3v) is 5.40. The van der Waals surface area contributed by atoms with Crippen molar-refractivity contribution in [3.8, 4) is 0 Å². The average Bonchev–Trinajstić information content (AvgIpc) is 2.97. The minimum Gasteiger partial charge on any atom is -0.368 e. The molecule has 3 heterocycles. The van der Waals surface area contributed by atoms with Gasteiger partial charge in [-0.15, -0.1) is 12.4 Å². The topological polar surface area (TPSA) is 82.5 Å². The van der Waals surface area contributed by atoms with E-state index < -0.39 is 12.2 Å². The molecule has 0 spiro atoms. The quantitative estimate of drug-likeness (QED) is 0.802. The summed E-state index contributed by atoms with van der Waals surface area (Å²) in [6.45, 7) is 1.43. The lowest BCUT2D eigenvalue weighted by molar-refractivity contribution is -0.120. The van der Waals surface area contributed by atoms with Gasteiger partial charge in [-0.2, -0.15) is 5.10 Å². The summed E-state index contributed by atoms with van der Waals surface area (Å²) >= 11 is 0. The number of benzene rings is 1. The first-order chi connectivity index (χ1) is 13.0. The van der Waals surface area contributed by atoms with Gasteiger partial charge in [0.2, 0.25) is 5.91 Å². The number of piperidine rings is 1. The van der Waals surface area contributed by atoms with Crippen molar-refractivity contribution in [2.45, 2.75) is 25.1 Å². The number of hydrogen-bond acceptors (Lipinski definition) is 5. The maximum Gasteiger partial charge on any atom is 0.329 e. The number of nitrogens with one attached hydrogen (secondary N) is 2. The van der Waals surface area contributed by atoms with Crippen molar-refractivity contribution in [1.82, 2.24) is 20.4 Å². The van der Waals surface area contributed by atoms with Gasteiger partial charge in [-0.25, -0.2) is 9.18 Å². The Morgan fingerprint density at radius 2 is 2.07 bits per heavy atom. The number of halogens is 2. The number of aromatic nitrogens is 2. The Bertz CT molecular complexity index is 904. The van der Waals surface area contributed by atoms with Gasteiger partial charge in [0.25, 0.3) is 0 Å². The van der Waals surface area contributed by atoms with E-state index in [1.54, 1.807) is 11.7 Å². The lowest BCUT2D eigenvalue weighted by atomic mass is 10.0. The molecule has 28 heavy (non-hydrogen) atoms. The van der Waals surface area contributed by atoms with E-state index in [1.165, 1.54) is 4.90 Å². The molecule has 152 valence electrons. The van der Waals surface area contributed by atoms with Crippen LogP contribution in [0.4, 0.5) is 20.7 Å². The summed E-state index contributed by atoms with van der Waals surface area (Å²) in [5.74, 6) is 0.255. The summed E-state index contributed by atoms with van der Waals surface area (Å²) < 4.78 is 16.0. The zero-order valence-electron chi connectivity index (χ0n) is 15.8. The van der Waals surface area contributed by atoms with Gasteiger partial charge in [0.1, 0.15) is 6.17 Å². The molecule has 0 unspecified atom stereocenters. The van der Waals surface area contributed by atoms with Gasteiger partial charge in [-0.05, 0) is 31.7 Å². The van der Waals surface area contributed by atoms with Crippen molar-refractivity contribution in [3.63, 3.8) is 0 Å². The van der Waals surface area contributed by atoms with Crippen LogP contribution in [0.5, 0.6) is 0 Å². The molecule has 0 radical (unpaired) electrons. The highest BCUT2D eigenvalue weighted by molar-refractivity contribution is 6.09. The molecule has 0 saturated carbocycles. The lowest BCUT2D eigenvalue weighted by Crippen LogP contribution is -2.50. The van der Waals surface area contributed by atoms with Crippen molar-refractivity contribution in [1.29, 1.82) is 0 Å². The van der Waals surface area contributed by atoms with Gasteiger partial charge in [0.05, 0.1) is 12.1 Å². The predicted octanol–water partition coefficient (Wildman–Crippen LogP) is 1.58. The third-order valence-electron chi connectivity index (χ3n) is 5.40. The first-order valence-corrected chi connectivity index (χ1v) is 9.12. The van der Waals surface area contributed by atoms with E-state index in [0.29, 0.717) is 18.9 Å². The minimum absolute atomic E-state index is 0. The van der Waals surface area contributed by atoms with E-state index in [1.807, 2.05) is 30.1 Å². The molecule has 0 aliphatic carbocycles. The van der Waals surface area contributed by atoms with Gasteiger partial charge in [0.15, 0.2) is 5.82 Å². The molecule has 2 atom stereocenters. The number of carbonyl (C=O) groups is 2. The normalized spacial score (nSPS) is 23.0. The smallest absolute Gasteiger partial charge is 0.329 e. The number of alkyl halides is 1. The number of hydrogen-bond donors (Lipinski definition) is 2. The second-order valence-corrected chi connectivity index (χ2v) is 7.05. The maximum absolute atomic E-state index is 14.3. The van der Waals surface area contributed by atoms with Crippen molar-refractivity contribution in [2.75, 3.05) is 36.5 Å². The van der Waals surface area contributed by atoms with E-state index in [0.717, 1.165) is 29.6 Å². The largest absolute Gasteiger partial charge is 0.368 e. The van der Waals surface area contributed by atoms with E-state index in [-0.39, 0.29) is 30.8 Å². The number of aryl methyl sites for hydroxylation is 1. The first-order valence-electron chi connectivity index (χ1n) is 9.12. The van der Waals surface area contributed by atoms with Crippen LogP contribution < -0.4 is 20.4 Å². The van der Waals surface area contributed by atoms with Crippen LogP contribution in [0.25, 0.3) is 10.9 Å². The SMILES string of the molecule is CN[C@H]1CCN(c2ccc3c(N4CCC(=O)NC4=O)nn(C)c3c2)C[C@H]1F.Cl. The Morgan fingerprint density at radius 3 is 2.75 bits per heavy atom. The Hall–Kier alpha value is -2.39. The molecule has 0 bridgehead atoms. The van der Waals surface area contributed by atoms with Crippen LogP contribution >= 0.6 is 12.4 Å². The molecular formula is C18H24ClFN6O2. The van der Waals surface area contributed by atoms with Gasteiger partial charge in [-0.1, -0.05) is 0 Å². The zero-order valence-corrected chi connectivity index (χ0v) is 16.6. The van der Waals surface area contributed by atoms with Crippen LogP contribution in [0.15, 0.2) is 18.2 Å². The molecule has 2 aliphatic rings. The fraction of sp³-hybridized carbons (Fsp3) is 0.500. The van der Waals surface area contributed by atoms with E-state index >= 15 is 0 Å². The monoisotopic (exact) mass is 410 g/mol. The standard InChI is InChI=1S/C18H23FN6O2.ClH/c1-20-14-5-7-24(10-13(14)19)11-3-4-12-15(9-11)23(2)22-17(12)25-8-6-16(26)21-18(25)27;/h3-4,9,13-14,20H,5-8,10H2,1-2H3,(H,21,26,27);1H/t13-,14+;/m1./s1. The molecule has 2 N–H and O–H groups in total. The Morgan fingerprint density at radius 1 is 1.29 bits per heavy atom. The van der Waals surface area contributed by atoms with Gasteiger partial charge < -0.3 is 10.2 Å². The fourth-order valence-electron chi connectivity index (χ4n) is 3.85. The lowest BCUT2D eigenvalue weighted by Gasteiger charge is -2.36. The molecule has 2 fully saturated rings.